The van der Waals surface area contributed by atoms with E-state index in [9.17, 15) is 9.90 Å². The third-order valence-electron chi connectivity index (χ3n) is 5.65. The van der Waals surface area contributed by atoms with Crippen LogP contribution in [0.25, 0.3) is 0 Å². The highest BCUT2D eigenvalue weighted by Gasteiger charge is 2.51. The number of aliphatic carboxylic acids is 1. The summed E-state index contributed by atoms with van der Waals surface area (Å²) in [5.41, 5.74) is 1.54. The van der Waals surface area contributed by atoms with Crippen LogP contribution in [0.2, 0.25) is 0 Å². The fourth-order valence-corrected chi connectivity index (χ4v) is 4.17. The summed E-state index contributed by atoms with van der Waals surface area (Å²) in [5.74, 6) is -0.877. The normalized spacial score (nSPS) is 28.5. The van der Waals surface area contributed by atoms with Crippen molar-refractivity contribution < 1.29 is 15.0 Å². The molecule has 0 aromatic carbocycles. The summed E-state index contributed by atoms with van der Waals surface area (Å²) in [5, 5.41) is 19.6. The molecule has 3 rings (SSSR count). The Kier molecular flexibility index (Phi) is 5.21. The minimum absolute atomic E-state index is 0.240. The molecule has 1 aromatic rings. The van der Waals surface area contributed by atoms with E-state index in [1.807, 2.05) is 0 Å². The van der Waals surface area contributed by atoms with Crippen molar-refractivity contribution >= 4 is 5.97 Å². The fraction of sp³-hybridized carbons (Fsp3) is 0.684. The summed E-state index contributed by atoms with van der Waals surface area (Å²) in [4.78, 5) is 18.1. The first-order valence-electron chi connectivity index (χ1n) is 9.12. The highest BCUT2D eigenvalue weighted by Crippen LogP contribution is 2.46. The summed E-state index contributed by atoms with van der Waals surface area (Å²) in [7, 11) is 0. The maximum Gasteiger partial charge on any atom is 0.306 e. The molecular formula is C19H28N2O3. The fourth-order valence-electron chi connectivity index (χ4n) is 4.17. The molecule has 5 heteroatoms. The number of aliphatic hydroxyl groups is 1. The molecule has 0 radical (unpaired) electrons. The number of likely N-dealkylation sites (tertiary alicyclic amines) is 1. The number of pyridine rings is 1. The van der Waals surface area contributed by atoms with Crippen molar-refractivity contribution in [2.24, 2.45) is 11.8 Å². The standard InChI is InChI=1S/C19H28N2O3/c1-2-4-16-5-3-6-17(20-16)13-21-9-7-15(8-10-21)19(24)11-14(12-19)18(22)23/h3,5-6,14-15,24H,2,4,7-13H2,1H3,(H,22,23). The Hall–Kier alpha value is -1.46. The molecule has 0 atom stereocenters. The Morgan fingerprint density at radius 3 is 2.58 bits per heavy atom. The van der Waals surface area contributed by atoms with Gasteiger partial charge >= 0.3 is 5.97 Å². The quantitative estimate of drug-likeness (QED) is 0.837. The van der Waals surface area contributed by atoms with E-state index in [4.69, 9.17) is 10.1 Å². The zero-order valence-electron chi connectivity index (χ0n) is 14.4. The first kappa shape index (κ1) is 17.4. The van der Waals surface area contributed by atoms with Gasteiger partial charge in [0.25, 0.3) is 0 Å². The lowest BCUT2D eigenvalue weighted by Gasteiger charge is -2.49. The first-order valence-corrected chi connectivity index (χ1v) is 9.12. The maximum absolute atomic E-state index is 11.0. The third kappa shape index (κ3) is 3.78. The number of aromatic nitrogens is 1. The highest BCUT2D eigenvalue weighted by molar-refractivity contribution is 5.71. The van der Waals surface area contributed by atoms with Gasteiger partial charge in [-0.05, 0) is 63.2 Å². The van der Waals surface area contributed by atoms with E-state index in [1.54, 1.807) is 0 Å². The van der Waals surface area contributed by atoms with Crippen molar-refractivity contribution in [3.63, 3.8) is 0 Å². The van der Waals surface area contributed by atoms with E-state index >= 15 is 0 Å². The number of carbonyl (C=O) groups is 1. The largest absolute Gasteiger partial charge is 0.481 e. The number of carboxylic acids is 1. The van der Waals surface area contributed by atoms with E-state index in [-0.39, 0.29) is 11.8 Å². The Morgan fingerprint density at radius 2 is 1.96 bits per heavy atom. The molecule has 2 heterocycles. The van der Waals surface area contributed by atoms with Gasteiger partial charge in [-0.1, -0.05) is 19.4 Å². The molecule has 1 aromatic heterocycles. The lowest BCUT2D eigenvalue weighted by Crippen LogP contribution is -2.54. The molecule has 5 nitrogen and oxygen atoms in total. The van der Waals surface area contributed by atoms with E-state index in [1.165, 1.54) is 0 Å². The van der Waals surface area contributed by atoms with Crippen LogP contribution in [0.3, 0.4) is 0 Å². The molecule has 2 aliphatic rings. The molecule has 0 spiro atoms. The molecule has 24 heavy (non-hydrogen) atoms. The van der Waals surface area contributed by atoms with Gasteiger partial charge in [-0.2, -0.15) is 0 Å². The molecule has 132 valence electrons. The third-order valence-corrected chi connectivity index (χ3v) is 5.65. The van der Waals surface area contributed by atoms with Gasteiger partial charge < -0.3 is 10.2 Å². The van der Waals surface area contributed by atoms with Gasteiger partial charge in [0.15, 0.2) is 0 Å². The summed E-state index contributed by atoms with van der Waals surface area (Å²) in [6.07, 6.45) is 4.86. The zero-order chi connectivity index (χ0) is 17.2. The second-order valence-corrected chi connectivity index (χ2v) is 7.47. The molecule has 1 aliphatic carbocycles. The minimum Gasteiger partial charge on any atom is -0.481 e. The average Bonchev–Trinajstić information content (AvgIpc) is 2.53. The van der Waals surface area contributed by atoms with Crippen LogP contribution >= 0.6 is 0 Å². The minimum atomic E-state index is -0.768. The highest BCUT2D eigenvalue weighted by atomic mass is 16.4. The number of nitrogens with zero attached hydrogens (tertiary/aromatic N) is 2. The van der Waals surface area contributed by atoms with Crippen molar-refractivity contribution in [3.05, 3.63) is 29.6 Å². The predicted octanol–water partition coefficient (Wildman–Crippen LogP) is 2.47. The van der Waals surface area contributed by atoms with Crippen LogP contribution in [-0.4, -0.2) is 44.8 Å². The van der Waals surface area contributed by atoms with E-state index in [0.717, 1.165) is 56.7 Å². The molecule has 2 N–H and O–H groups in total. The molecule has 0 amide bonds. The molecular weight excluding hydrogens is 304 g/mol. The number of hydrogen-bond donors (Lipinski definition) is 2. The van der Waals surface area contributed by atoms with Crippen molar-refractivity contribution in [2.45, 2.75) is 57.6 Å². The Labute approximate surface area is 143 Å². The molecule has 0 bridgehead atoms. The topological polar surface area (TPSA) is 73.7 Å². The van der Waals surface area contributed by atoms with Gasteiger partial charge in [-0.15, -0.1) is 0 Å². The lowest BCUT2D eigenvalue weighted by molar-refractivity contribution is -0.170. The molecule has 1 saturated heterocycles. The van der Waals surface area contributed by atoms with Gasteiger partial charge in [-0.25, -0.2) is 0 Å². The van der Waals surface area contributed by atoms with Crippen LogP contribution in [0.4, 0.5) is 0 Å². The van der Waals surface area contributed by atoms with E-state index in [2.05, 4.69) is 30.0 Å². The molecule has 1 saturated carbocycles. The SMILES string of the molecule is CCCc1cccc(CN2CCC(C3(O)CC(C(=O)O)C3)CC2)n1. The number of piperidine rings is 1. The van der Waals surface area contributed by atoms with Crippen molar-refractivity contribution in [2.75, 3.05) is 13.1 Å². The van der Waals surface area contributed by atoms with Gasteiger partial charge in [-0.3, -0.25) is 14.7 Å². The summed E-state index contributed by atoms with van der Waals surface area (Å²) < 4.78 is 0. The van der Waals surface area contributed by atoms with Crippen molar-refractivity contribution in [1.82, 2.24) is 9.88 Å². The molecule has 0 unspecified atom stereocenters. The second-order valence-electron chi connectivity index (χ2n) is 7.47. The van der Waals surface area contributed by atoms with Crippen LogP contribution < -0.4 is 0 Å². The van der Waals surface area contributed by atoms with E-state index in [0.29, 0.717) is 12.8 Å². The number of rotatable bonds is 6. The van der Waals surface area contributed by atoms with Crippen molar-refractivity contribution in [3.8, 4) is 0 Å². The lowest BCUT2D eigenvalue weighted by atomic mass is 9.62. The summed E-state index contributed by atoms with van der Waals surface area (Å²) in [6, 6.07) is 6.26. The monoisotopic (exact) mass is 332 g/mol. The Bertz CT molecular complexity index is 576. The smallest absolute Gasteiger partial charge is 0.306 e. The molecule has 1 aliphatic heterocycles. The number of carboxylic acid groups (broad SMARTS) is 1. The van der Waals surface area contributed by atoms with Gasteiger partial charge in [0, 0.05) is 12.2 Å². The van der Waals surface area contributed by atoms with Crippen LogP contribution in [0, 0.1) is 11.8 Å². The number of aryl methyl sites for hydroxylation is 1. The van der Waals surface area contributed by atoms with Crippen LogP contribution in [0.15, 0.2) is 18.2 Å². The second kappa shape index (κ2) is 7.19. The predicted molar refractivity (Wildman–Crippen MR) is 91.5 cm³/mol. The first-order chi connectivity index (χ1) is 11.5. The maximum atomic E-state index is 11.0. The summed E-state index contributed by atoms with van der Waals surface area (Å²) >= 11 is 0. The average molecular weight is 332 g/mol. The van der Waals surface area contributed by atoms with Crippen LogP contribution in [-0.2, 0) is 17.8 Å². The Balaban J connectivity index is 1.49. The van der Waals surface area contributed by atoms with Gasteiger partial charge in [0.2, 0.25) is 0 Å². The van der Waals surface area contributed by atoms with Crippen LogP contribution in [0.1, 0.15) is 50.4 Å². The van der Waals surface area contributed by atoms with Gasteiger partial charge in [0.1, 0.15) is 0 Å². The van der Waals surface area contributed by atoms with Crippen LogP contribution in [0.5, 0.6) is 0 Å². The molecule has 2 fully saturated rings. The Morgan fingerprint density at radius 1 is 1.29 bits per heavy atom. The van der Waals surface area contributed by atoms with Crippen molar-refractivity contribution in [1.29, 1.82) is 0 Å². The summed E-state index contributed by atoms with van der Waals surface area (Å²) in [6.45, 7) is 4.93. The zero-order valence-corrected chi connectivity index (χ0v) is 14.4. The van der Waals surface area contributed by atoms with Gasteiger partial charge in [0.05, 0.1) is 17.2 Å². The van der Waals surface area contributed by atoms with E-state index < -0.39 is 11.6 Å². The number of hydrogen-bond acceptors (Lipinski definition) is 4.